The van der Waals surface area contributed by atoms with Crippen molar-refractivity contribution in [3.63, 3.8) is 0 Å². The van der Waals surface area contributed by atoms with Gasteiger partial charge in [-0.25, -0.2) is 0 Å². The van der Waals surface area contributed by atoms with E-state index in [9.17, 15) is 4.79 Å². The lowest BCUT2D eigenvalue weighted by Crippen LogP contribution is -2.25. The lowest BCUT2D eigenvalue weighted by atomic mass is 10.1. The average molecular weight is 361 g/mol. The zero-order chi connectivity index (χ0) is 16.7. The van der Waals surface area contributed by atoms with E-state index >= 15 is 0 Å². The highest BCUT2D eigenvalue weighted by Gasteiger charge is 2.44. The van der Waals surface area contributed by atoms with Crippen LogP contribution in [0.2, 0.25) is 10.0 Å². The summed E-state index contributed by atoms with van der Waals surface area (Å²) in [6, 6.07) is 11.9. The van der Waals surface area contributed by atoms with Crippen molar-refractivity contribution in [3.8, 4) is 0 Å². The van der Waals surface area contributed by atoms with Gasteiger partial charge in [0, 0.05) is 35.6 Å². The van der Waals surface area contributed by atoms with E-state index in [0.29, 0.717) is 16.6 Å². The number of amides is 1. The van der Waals surface area contributed by atoms with Gasteiger partial charge in [0.25, 0.3) is 0 Å². The van der Waals surface area contributed by atoms with Crippen LogP contribution in [-0.4, -0.2) is 5.91 Å². The van der Waals surface area contributed by atoms with Crippen LogP contribution in [0.5, 0.6) is 0 Å². The summed E-state index contributed by atoms with van der Waals surface area (Å²) in [6.07, 6.45) is 0.849. The number of carbonyl (C=O) groups is 1. The van der Waals surface area contributed by atoms with Crippen LogP contribution in [-0.2, 0) is 24.4 Å². The van der Waals surface area contributed by atoms with Gasteiger partial charge < -0.3 is 10.6 Å². The highest BCUT2D eigenvalue weighted by molar-refractivity contribution is 6.35. The van der Waals surface area contributed by atoms with Crippen LogP contribution in [0.25, 0.3) is 0 Å². The van der Waals surface area contributed by atoms with E-state index in [1.807, 2.05) is 12.1 Å². The molecule has 1 heterocycles. The number of hydrogen-bond acceptors (Lipinski definition) is 2. The van der Waals surface area contributed by atoms with Gasteiger partial charge in [0.05, 0.1) is 0 Å². The van der Waals surface area contributed by atoms with Crippen LogP contribution in [0, 0.1) is 5.92 Å². The Hall–Kier alpha value is -1.55. The number of fused-ring (bicyclic) bond motifs is 1. The van der Waals surface area contributed by atoms with Gasteiger partial charge in [0.1, 0.15) is 0 Å². The molecule has 24 heavy (non-hydrogen) atoms. The van der Waals surface area contributed by atoms with Gasteiger partial charge in [0.2, 0.25) is 5.91 Å². The molecule has 2 aromatic rings. The number of carbonyl (C=O) groups excluding carboxylic acids is 1. The van der Waals surface area contributed by atoms with Gasteiger partial charge in [-0.2, -0.15) is 0 Å². The van der Waals surface area contributed by atoms with Crippen LogP contribution >= 0.6 is 23.2 Å². The molecule has 2 unspecified atom stereocenters. The van der Waals surface area contributed by atoms with Crippen molar-refractivity contribution in [1.82, 2.24) is 10.6 Å². The summed E-state index contributed by atoms with van der Waals surface area (Å²) in [5.41, 5.74) is 4.85. The molecule has 4 rings (SSSR count). The predicted molar refractivity (Wildman–Crippen MR) is 96.1 cm³/mol. The molecule has 0 spiro atoms. The topological polar surface area (TPSA) is 41.1 Å². The van der Waals surface area contributed by atoms with Crippen LogP contribution in [0.15, 0.2) is 36.4 Å². The van der Waals surface area contributed by atoms with Gasteiger partial charge in [-0.05, 0) is 46.7 Å². The van der Waals surface area contributed by atoms with E-state index < -0.39 is 0 Å². The van der Waals surface area contributed by atoms with Crippen LogP contribution in [0.4, 0.5) is 0 Å². The second-order valence-corrected chi connectivity index (χ2v) is 7.38. The molecule has 1 saturated carbocycles. The van der Waals surface area contributed by atoms with Crippen molar-refractivity contribution in [2.45, 2.75) is 32.0 Å². The second kappa shape index (κ2) is 6.40. The van der Waals surface area contributed by atoms with Gasteiger partial charge in [-0.1, -0.05) is 47.5 Å². The largest absolute Gasteiger partial charge is 0.352 e. The molecule has 0 saturated heterocycles. The summed E-state index contributed by atoms with van der Waals surface area (Å²) in [5, 5.41) is 7.66. The summed E-state index contributed by atoms with van der Waals surface area (Å²) >= 11 is 12.2. The minimum Gasteiger partial charge on any atom is -0.352 e. The Kier molecular flexibility index (Phi) is 4.25. The van der Waals surface area contributed by atoms with Crippen molar-refractivity contribution in [3.05, 3.63) is 68.7 Å². The van der Waals surface area contributed by atoms with Crippen LogP contribution < -0.4 is 10.6 Å². The molecule has 2 N–H and O–H groups in total. The lowest BCUT2D eigenvalue weighted by Gasteiger charge is -2.08. The van der Waals surface area contributed by atoms with Crippen molar-refractivity contribution in [2.24, 2.45) is 5.92 Å². The van der Waals surface area contributed by atoms with E-state index in [1.165, 1.54) is 11.1 Å². The van der Waals surface area contributed by atoms with Gasteiger partial charge in [0.15, 0.2) is 0 Å². The van der Waals surface area contributed by atoms with Gasteiger partial charge in [-0.3, -0.25) is 4.79 Å². The first kappa shape index (κ1) is 15.9. The maximum Gasteiger partial charge on any atom is 0.224 e. The highest BCUT2D eigenvalue weighted by Crippen LogP contribution is 2.50. The summed E-state index contributed by atoms with van der Waals surface area (Å²) < 4.78 is 0. The molecule has 0 bridgehead atoms. The third-order valence-corrected chi connectivity index (χ3v) is 5.42. The average Bonchev–Trinajstić information content (AvgIpc) is 3.21. The van der Waals surface area contributed by atoms with E-state index in [2.05, 4.69) is 28.8 Å². The fraction of sp³-hybridized carbons (Fsp3) is 0.316. The molecule has 1 aliphatic carbocycles. The summed E-state index contributed by atoms with van der Waals surface area (Å²) in [7, 11) is 0. The molecule has 5 heteroatoms. The van der Waals surface area contributed by atoms with Crippen LogP contribution in [0.1, 0.15) is 34.6 Å². The molecule has 1 aliphatic heterocycles. The summed E-state index contributed by atoms with van der Waals surface area (Å²) in [6.45, 7) is 2.42. The first-order valence-electron chi connectivity index (χ1n) is 8.16. The zero-order valence-electron chi connectivity index (χ0n) is 13.1. The number of halogens is 2. The highest BCUT2D eigenvalue weighted by atomic mass is 35.5. The Morgan fingerprint density at radius 3 is 2.79 bits per heavy atom. The minimum absolute atomic E-state index is 0.0137. The molecule has 124 valence electrons. The third kappa shape index (κ3) is 3.16. The maximum absolute atomic E-state index is 12.4. The quantitative estimate of drug-likeness (QED) is 0.864. The molecule has 2 atom stereocenters. The van der Waals surface area contributed by atoms with E-state index in [0.717, 1.165) is 30.6 Å². The summed E-state index contributed by atoms with van der Waals surface area (Å²) in [4.78, 5) is 12.4. The van der Waals surface area contributed by atoms with E-state index in [-0.39, 0.29) is 17.7 Å². The fourth-order valence-electron chi connectivity index (χ4n) is 3.41. The molecular formula is C19H18Cl2N2O. The molecule has 1 fully saturated rings. The number of benzene rings is 2. The Morgan fingerprint density at radius 1 is 1.12 bits per heavy atom. The standard InChI is InChI=1S/C19H18Cl2N2O/c20-14-3-4-15(18(21)6-14)16-7-17(16)19(24)23-8-11-1-2-12-9-22-10-13(12)5-11/h1-6,16-17,22H,7-10H2,(H,23,24). The minimum atomic E-state index is 0.0137. The molecule has 3 nitrogen and oxygen atoms in total. The van der Waals surface area contributed by atoms with Crippen molar-refractivity contribution >= 4 is 29.1 Å². The first-order chi connectivity index (χ1) is 11.6. The Bertz CT molecular complexity index is 806. The Morgan fingerprint density at radius 2 is 1.96 bits per heavy atom. The number of nitrogens with one attached hydrogen (secondary N) is 2. The first-order valence-corrected chi connectivity index (χ1v) is 8.91. The zero-order valence-corrected chi connectivity index (χ0v) is 14.6. The van der Waals surface area contributed by atoms with Gasteiger partial charge >= 0.3 is 0 Å². The molecule has 0 radical (unpaired) electrons. The number of rotatable bonds is 4. The SMILES string of the molecule is O=C(NCc1ccc2c(c1)CNC2)C1CC1c1ccc(Cl)cc1Cl. The van der Waals surface area contributed by atoms with Crippen molar-refractivity contribution < 1.29 is 4.79 Å². The molecule has 2 aliphatic rings. The Balaban J connectivity index is 1.36. The third-order valence-electron chi connectivity index (χ3n) is 4.86. The second-order valence-electron chi connectivity index (χ2n) is 6.54. The number of hydrogen-bond donors (Lipinski definition) is 2. The fourth-order valence-corrected chi connectivity index (χ4v) is 3.96. The summed E-state index contributed by atoms with van der Waals surface area (Å²) in [5.74, 6) is 0.323. The van der Waals surface area contributed by atoms with Crippen molar-refractivity contribution in [1.29, 1.82) is 0 Å². The van der Waals surface area contributed by atoms with Crippen LogP contribution in [0.3, 0.4) is 0 Å². The van der Waals surface area contributed by atoms with E-state index in [1.54, 1.807) is 6.07 Å². The molecule has 1 amide bonds. The normalized spacial score (nSPS) is 21.4. The molecule has 2 aromatic carbocycles. The Labute approximate surface area is 151 Å². The molecular weight excluding hydrogens is 343 g/mol. The van der Waals surface area contributed by atoms with Gasteiger partial charge in [-0.15, -0.1) is 0 Å². The lowest BCUT2D eigenvalue weighted by molar-refractivity contribution is -0.122. The smallest absolute Gasteiger partial charge is 0.224 e. The maximum atomic E-state index is 12.4. The predicted octanol–water partition coefficient (Wildman–Crippen LogP) is 4.02. The van der Waals surface area contributed by atoms with Crippen molar-refractivity contribution in [2.75, 3.05) is 0 Å². The van der Waals surface area contributed by atoms with E-state index in [4.69, 9.17) is 23.2 Å². The monoisotopic (exact) mass is 360 g/mol. The molecule has 0 aromatic heterocycles.